The molecule has 0 spiro atoms. The van der Waals surface area contributed by atoms with Gasteiger partial charge < -0.3 is 30.3 Å². The lowest BCUT2D eigenvalue weighted by Crippen LogP contribution is -2.67. The van der Waals surface area contributed by atoms with Gasteiger partial charge in [0.1, 0.15) is 0 Å². The van der Waals surface area contributed by atoms with Gasteiger partial charge in [-0.3, -0.25) is 4.79 Å². The van der Waals surface area contributed by atoms with E-state index < -0.39 is 41.6 Å². The van der Waals surface area contributed by atoms with E-state index in [-0.39, 0.29) is 31.2 Å². The average Bonchev–Trinajstić information content (AvgIpc) is 3.44. The van der Waals surface area contributed by atoms with E-state index in [1.165, 1.54) is 20.8 Å². The second kappa shape index (κ2) is 12.9. The van der Waals surface area contributed by atoms with Crippen LogP contribution in [0.1, 0.15) is 57.9 Å². The molecule has 2 aromatic rings. The molecule has 0 saturated carbocycles. The van der Waals surface area contributed by atoms with Crippen molar-refractivity contribution in [2.75, 3.05) is 37.7 Å². The van der Waals surface area contributed by atoms with E-state index in [0.29, 0.717) is 36.0 Å². The zero-order chi connectivity index (χ0) is 31.5. The van der Waals surface area contributed by atoms with Crippen molar-refractivity contribution in [3.63, 3.8) is 0 Å². The van der Waals surface area contributed by atoms with Crippen LogP contribution in [0.3, 0.4) is 0 Å². The molecular formula is C30H41F3N6O4. The van der Waals surface area contributed by atoms with Crippen molar-refractivity contribution in [3.05, 3.63) is 36.2 Å². The highest BCUT2D eigenvalue weighted by atomic mass is 19.4. The Morgan fingerprint density at radius 3 is 2.51 bits per heavy atom. The fourth-order valence-corrected chi connectivity index (χ4v) is 6.38. The van der Waals surface area contributed by atoms with Gasteiger partial charge in [0.25, 0.3) is 5.91 Å². The van der Waals surface area contributed by atoms with E-state index in [9.17, 15) is 27.9 Å². The number of nitrogens with one attached hydrogen (secondary N) is 2. The summed E-state index contributed by atoms with van der Waals surface area (Å²) in [5.41, 5.74) is 0.104. The van der Waals surface area contributed by atoms with E-state index in [1.54, 1.807) is 42.3 Å². The van der Waals surface area contributed by atoms with E-state index >= 15 is 0 Å². The molecule has 1 unspecified atom stereocenters. The number of halogens is 3. The third-order valence-electron chi connectivity index (χ3n) is 8.15. The van der Waals surface area contributed by atoms with Crippen molar-refractivity contribution in [2.24, 2.45) is 11.3 Å². The number of piperazine rings is 1. The lowest BCUT2D eigenvalue weighted by molar-refractivity contribution is -0.220. The summed E-state index contributed by atoms with van der Waals surface area (Å²) in [6.45, 7) is 9.64. The molecule has 13 heteroatoms. The van der Waals surface area contributed by atoms with Gasteiger partial charge >= 0.3 is 12.3 Å². The minimum atomic E-state index is -4.67. The van der Waals surface area contributed by atoms with Crippen LogP contribution in [0.4, 0.5) is 23.7 Å². The van der Waals surface area contributed by atoms with Gasteiger partial charge in [0.2, 0.25) is 5.88 Å². The summed E-state index contributed by atoms with van der Waals surface area (Å²) in [4.78, 5) is 37.8. The summed E-state index contributed by atoms with van der Waals surface area (Å²) in [7, 11) is 0. The normalized spacial score (nSPS) is 21.9. The van der Waals surface area contributed by atoms with Gasteiger partial charge in [-0.05, 0) is 56.0 Å². The predicted molar refractivity (Wildman–Crippen MR) is 156 cm³/mol. The lowest BCUT2D eigenvalue weighted by atomic mass is 9.71. The summed E-state index contributed by atoms with van der Waals surface area (Å²) in [5, 5.41) is 16.3. The highest BCUT2D eigenvalue weighted by Gasteiger charge is 2.57. The molecule has 2 aromatic heterocycles. The topological polar surface area (TPSA) is 120 Å². The molecule has 4 atom stereocenters. The number of anilines is 1. The lowest BCUT2D eigenvalue weighted by Gasteiger charge is -2.53. The zero-order valence-electron chi connectivity index (χ0n) is 25.2. The molecule has 0 aromatic carbocycles. The highest BCUT2D eigenvalue weighted by Crippen LogP contribution is 2.47. The van der Waals surface area contributed by atoms with Crippen LogP contribution in [0.5, 0.6) is 5.88 Å². The Labute approximate surface area is 250 Å². The number of pyridine rings is 2. The molecule has 2 amide bonds. The van der Waals surface area contributed by atoms with E-state index in [1.807, 2.05) is 6.92 Å². The van der Waals surface area contributed by atoms with Gasteiger partial charge in [-0.15, -0.1) is 0 Å². The second-order valence-corrected chi connectivity index (χ2v) is 12.0. The minimum absolute atomic E-state index is 0.0518. The molecule has 0 radical (unpaired) electrons. The molecule has 0 bridgehead atoms. The average molecular weight is 607 g/mol. The van der Waals surface area contributed by atoms with Crippen LogP contribution in [0.25, 0.3) is 11.3 Å². The quantitative estimate of drug-likeness (QED) is 0.392. The molecule has 43 heavy (non-hydrogen) atoms. The summed E-state index contributed by atoms with van der Waals surface area (Å²) in [6.07, 6.45) is -3.54. The van der Waals surface area contributed by atoms with Crippen LogP contribution in [-0.4, -0.2) is 89.1 Å². The SMILES string of the molecule is CCOc1ncccc1-c1ccc(N2CCN(C(=O)O)[C@@H](C(C(C)(C)C)C(F)(F)F)[C@H]2CC)c(C(=O)N[C@@H]2CCNC2)n1. The Bertz CT molecular complexity index is 1280. The first-order valence-corrected chi connectivity index (χ1v) is 14.7. The number of hydrogen-bond donors (Lipinski definition) is 3. The fourth-order valence-electron chi connectivity index (χ4n) is 6.38. The maximum absolute atomic E-state index is 14.7. The molecule has 4 heterocycles. The second-order valence-electron chi connectivity index (χ2n) is 12.0. The van der Waals surface area contributed by atoms with Gasteiger partial charge in [-0.2, -0.15) is 13.2 Å². The Morgan fingerprint density at radius 2 is 1.93 bits per heavy atom. The summed E-state index contributed by atoms with van der Waals surface area (Å²) < 4.78 is 49.8. The Hall–Kier alpha value is -3.61. The van der Waals surface area contributed by atoms with Gasteiger partial charge in [-0.25, -0.2) is 14.8 Å². The van der Waals surface area contributed by atoms with Crippen LogP contribution in [-0.2, 0) is 0 Å². The molecule has 3 N–H and O–H groups in total. The molecule has 2 aliphatic heterocycles. The van der Waals surface area contributed by atoms with E-state index in [0.717, 1.165) is 17.9 Å². The number of carboxylic acid groups (broad SMARTS) is 1. The smallest absolute Gasteiger partial charge is 0.407 e. The number of carbonyl (C=O) groups is 2. The fraction of sp³-hybridized carbons (Fsp3) is 0.600. The summed E-state index contributed by atoms with van der Waals surface area (Å²) >= 11 is 0. The van der Waals surface area contributed by atoms with Crippen LogP contribution in [0, 0.1) is 11.3 Å². The standard InChI is InChI=1S/C30H41F3N6O4/c1-6-21-24(25(29(3,4)5)30(31,32)33)39(28(41)42)16-15-38(21)22-11-10-20(19-9-8-13-35-27(19)43-7-2)37-23(22)26(40)36-18-12-14-34-17-18/h8-11,13,18,21,24-25,34H,6-7,12,14-17H2,1-5H3,(H,36,40)(H,41,42)/t18-,21-,24-,25?/m1/s1. The maximum Gasteiger partial charge on any atom is 0.407 e. The number of rotatable bonds is 8. The number of alkyl halides is 3. The van der Waals surface area contributed by atoms with Crippen molar-refractivity contribution in [3.8, 4) is 17.1 Å². The van der Waals surface area contributed by atoms with Gasteiger partial charge in [0.15, 0.2) is 5.69 Å². The van der Waals surface area contributed by atoms with Gasteiger partial charge in [-0.1, -0.05) is 27.7 Å². The molecule has 2 saturated heterocycles. The number of ether oxygens (including phenoxy) is 1. The van der Waals surface area contributed by atoms with Crippen LogP contribution >= 0.6 is 0 Å². The van der Waals surface area contributed by atoms with Crippen molar-refractivity contribution >= 4 is 17.7 Å². The molecular weight excluding hydrogens is 565 g/mol. The molecule has 2 fully saturated rings. The van der Waals surface area contributed by atoms with Crippen molar-refractivity contribution in [2.45, 2.75) is 71.8 Å². The Morgan fingerprint density at radius 1 is 1.19 bits per heavy atom. The van der Waals surface area contributed by atoms with Crippen molar-refractivity contribution < 1.29 is 32.6 Å². The number of carbonyl (C=O) groups excluding carboxylic acids is 1. The first kappa shape index (κ1) is 32.3. The van der Waals surface area contributed by atoms with Crippen molar-refractivity contribution in [1.82, 2.24) is 25.5 Å². The van der Waals surface area contributed by atoms with Crippen LogP contribution < -0.4 is 20.3 Å². The molecule has 0 aliphatic carbocycles. The van der Waals surface area contributed by atoms with E-state index in [2.05, 4.69) is 15.6 Å². The number of hydrogen-bond acceptors (Lipinski definition) is 7. The summed E-state index contributed by atoms with van der Waals surface area (Å²) in [6, 6.07) is 4.47. The first-order chi connectivity index (χ1) is 20.3. The maximum atomic E-state index is 14.7. The Kier molecular flexibility index (Phi) is 9.73. The van der Waals surface area contributed by atoms with Crippen LogP contribution in [0.2, 0.25) is 0 Å². The number of aromatic nitrogens is 2. The predicted octanol–water partition coefficient (Wildman–Crippen LogP) is 4.81. The number of nitrogens with zero attached hydrogens (tertiary/aromatic N) is 4. The van der Waals surface area contributed by atoms with Gasteiger partial charge in [0.05, 0.1) is 41.6 Å². The van der Waals surface area contributed by atoms with Gasteiger partial charge in [0, 0.05) is 31.9 Å². The Balaban J connectivity index is 1.85. The summed E-state index contributed by atoms with van der Waals surface area (Å²) in [5.74, 6) is -2.07. The monoisotopic (exact) mass is 606 g/mol. The van der Waals surface area contributed by atoms with E-state index in [4.69, 9.17) is 9.72 Å². The minimum Gasteiger partial charge on any atom is -0.477 e. The molecule has 236 valence electrons. The van der Waals surface area contributed by atoms with Crippen molar-refractivity contribution in [1.29, 1.82) is 0 Å². The molecule has 10 nitrogen and oxygen atoms in total. The number of amides is 2. The third-order valence-corrected chi connectivity index (χ3v) is 8.15. The third kappa shape index (κ3) is 6.97. The van der Waals surface area contributed by atoms with Crippen LogP contribution in [0.15, 0.2) is 30.5 Å². The largest absolute Gasteiger partial charge is 0.477 e. The first-order valence-electron chi connectivity index (χ1n) is 14.7. The highest BCUT2D eigenvalue weighted by molar-refractivity contribution is 5.99. The molecule has 4 rings (SSSR count). The molecule has 2 aliphatic rings. The zero-order valence-corrected chi connectivity index (χ0v) is 25.2.